The van der Waals surface area contributed by atoms with E-state index in [1.165, 1.54) is 64.2 Å². The predicted molar refractivity (Wildman–Crippen MR) is 202 cm³/mol. The standard InChI is InChI=1S/C41H78N2O6/c1-6-8-10-12-15-21-27-37(28-22-16-13-11-9-7-2)49-40(45)29-23-17-14-18-25-32-48-41(46)39-34-38(47-33-31-42(4)5)35-43(39)30-24-19-20-26-36(3)44/h37-39H,6-35H2,1-5H3/t38?,39-/m0/s1. The van der Waals surface area contributed by atoms with Crippen LogP contribution in [0, 0.1) is 0 Å². The van der Waals surface area contributed by atoms with Crippen LogP contribution in [0.25, 0.3) is 0 Å². The number of ketones is 1. The van der Waals surface area contributed by atoms with E-state index in [0.717, 1.165) is 96.7 Å². The first-order chi connectivity index (χ1) is 23.8. The van der Waals surface area contributed by atoms with Crippen LogP contribution in [0.4, 0.5) is 0 Å². The fraction of sp³-hybridized carbons (Fsp3) is 0.927. The Hall–Kier alpha value is -1.51. The van der Waals surface area contributed by atoms with E-state index < -0.39 is 0 Å². The summed E-state index contributed by atoms with van der Waals surface area (Å²) in [6, 6.07) is -0.255. The van der Waals surface area contributed by atoms with Crippen LogP contribution in [0.2, 0.25) is 0 Å². The van der Waals surface area contributed by atoms with Gasteiger partial charge in [-0.25, -0.2) is 0 Å². The molecule has 0 aromatic carbocycles. The van der Waals surface area contributed by atoms with Gasteiger partial charge in [0.15, 0.2) is 0 Å². The number of likely N-dealkylation sites (tertiary alicyclic amines) is 1. The lowest BCUT2D eigenvalue weighted by Gasteiger charge is -2.22. The third-order valence-corrected chi connectivity index (χ3v) is 9.83. The molecule has 1 unspecified atom stereocenters. The maximum Gasteiger partial charge on any atom is 0.323 e. The Morgan fingerprint density at radius 1 is 0.694 bits per heavy atom. The van der Waals surface area contributed by atoms with Crippen LogP contribution < -0.4 is 0 Å². The fourth-order valence-corrected chi connectivity index (χ4v) is 6.72. The zero-order valence-electron chi connectivity index (χ0n) is 32.8. The predicted octanol–water partition coefficient (Wildman–Crippen LogP) is 9.45. The lowest BCUT2D eigenvalue weighted by molar-refractivity contribution is -0.150. The van der Waals surface area contributed by atoms with E-state index in [9.17, 15) is 14.4 Å². The van der Waals surface area contributed by atoms with Gasteiger partial charge in [-0.05, 0) is 78.9 Å². The molecule has 0 bridgehead atoms. The van der Waals surface area contributed by atoms with E-state index in [4.69, 9.17) is 14.2 Å². The molecule has 0 amide bonds. The molecule has 0 aromatic heterocycles. The van der Waals surface area contributed by atoms with Gasteiger partial charge in [0.2, 0.25) is 0 Å². The summed E-state index contributed by atoms with van der Waals surface area (Å²) in [4.78, 5) is 41.4. The molecule has 1 aliphatic heterocycles. The van der Waals surface area contributed by atoms with Crippen molar-refractivity contribution < 1.29 is 28.6 Å². The molecule has 1 fully saturated rings. The molecule has 0 aliphatic carbocycles. The highest BCUT2D eigenvalue weighted by molar-refractivity contribution is 5.76. The largest absolute Gasteiger partial charge is 0.465 e. The van der Waals surface area contributed by atoms with E-state index in [0.29, 0.717) is 32.5 Å². The summed E-state index contributed by atoms with van der Waals surface area (Å²) in [5.74, 6) is 0.0716. The van der Waals surface area contributed by atoms with Gasteiger partial charge < -0.3 is 23.9 Å². The number of nitrogens with zero attached hydrogens (tertiary/aromatic N) is 2. The molecule has 8 heteroatoms. The second kappa shape index (κ2) is 31.2. The summed E-state index contributed by atoms with van der Waals surface area (Å²) in [6.45, 7) is 9.67. The molecule has 0 spiro atoms. The van der Waals surface area contributed by atoms with Crippen LogP contribution in [0.5, 0.6) is 0 Å². The quantitative estimate of drug-likeness (QED) is 0.0487. The van der Waals surface area contributed by atoms with Gasteiger partial charge in [0, 0.05) is 32.4 Å². The van der Waals surface area contributed by atoms with Crippen molar-refractivity contribution >= 4 is 17.7 Å². The van der Waals surface area contributed by atoms with Crippen molar-refractivity contribution in [3.05, 3.63) is 0 Å². The fourth-order valence-electron chi connectivity index (χ4n) is 6.72. The zero-order chi connectivity index (χ0) is 36.0. The normalized spacial score (nSPS) is 16.6. The molecule has 1 rings (SSSR count). The molecule has 288 valence electrons. The first-order valence-electron chi connectivity index (χ1n) is 20.6. The van der Waals surface area contributed by atoms with Gasteiger partial charge in [-0.15, -0.1) is 0 Å². The van der Waals surface area contributed by atoms with Crippen molar-refractivity contribution in [1.82, 2.24) is 9.80 Å². The second-order valence-corrected chi connectivity index (χ2v) is 15.0. The number of esters is 2. The van der Waals surface area contributed by atoms with Gasteiger partial charge in [0.25, 0.3) is 0 Å². The zero-order valence-corrected chi connectivity index (χ0v) is 32.8. The Balaban J connectivity index is 2.31. The molecule has 1 saturated heterocycles. The number of hydrogen-bond donors (Lipinski definition) is 0. The number of carbonyl (C=O) groups is 3. The highest BCUT2D eigenvalue weighted by Crippen LogP contribution is 2.23. The van der Waals surface area contributed by atoms with Crippen LogP contribution in [0.1, 0.15) is 181 Å². The Labute approximate surface area is 302 Å². The average molecular weight is 695 g/mol. The lowest BCUT2D eigenvalue weighted by atomic mass is 10.0. The van der Waals surface area contributed by atoms with Gasteiger partial charge in [-0.1, -0.05) is 104 Å². The monoisotopic (exact) mass is 695 g/mol. The molecular formula is C41H78N2O6. The summed E-state index contributed by atoms with van der Waals surface area (Å²) in [5, 5.41) is 0. The van der Waals surface area contributed by atoms with Gasteiger partial charge in [-0.2, -0.15) is 0 Å². The van der Waals surface area contributed by atoms with Crippen LogP contribution in [-0.2, 0) is 28.6 Å². The molecule has 1 aliphatic rings. The molecule has 2 atom stereocenters. The summed E-state index contributed by atoms with van der Waals surface area (Å²) >= 11 is 0. The van der Waals surface area contributed by atoms with E-state index in [2.05, 4.69) is 23.6 Å². The molecule has 0 aromatic rings. The number of unbranched alkanes of at least 4 members (excludes halogenated alkanes) is 16. The van der Waals surface area contributed by atoms with Crippen molar-refractivity contribution in [2.75, 3.05) is 46.9 Å². The number of ether oxygens (including phenoxy) is 3. The van der Waals surface area contributed by atoms with Crippen molar-refractivity contribution in [1.29, 1.82) is 0 Å². The topological polar surface area (TPSA) is 85.4 Å². The average Bonchev–Trinajstić information content (AvgIpc) is 3.47. The Morgan fingerprint density at radius 2 is 1.24 bits per heavy atom. The minimum Gasteiger partial charge on any atom is -0.465 e. The van der Waals surface area contributed by atoms with E-state index in [1.54, 1.807) is 6.92 Å². The number of rotatable bonds is 34. The van der Waals surface area contributed by atoms with Crippen LogP contribution in [-0.4, -0.2) is 92.7 Å². The third kappa shape index (κ3) is 26.0. The molecule has 49 heavy (non-hydrogen) atoms. The first-order valence-corrected chi connectivity index (χ1v) is 20.6. The highest BCUT2D eigenvalue weighted by atomic mass is 16.5. The molecule has 0 saturated carbocycles. The third-order valence-electron chi connectivity index (χ3n) is 9.83. The van der Waals surface area contributed by atoms with Gasteiger partial charge in [-0.3, -0.25) is 14.5 Å². The minimum atomic E-state index is -0.255. The summed E-state index contributed by atoms with van der Waals surface area (Å²) in [5.41, 5.74) is 0. The Morgan fingerprint density at radius 3 is 1.86 bits per heavy atom. The SMILES string of the molecule is CCCCCCCCC(CCCCCCCC)OC(=O)CCCCCCCOC(=O)[C@@H]1CC(OCCN(C)C)CN1CCCCCC(C)=O. The lowest BCUT2D eigenvalue weighted by Crippen LogP contribution is -2.38. The molecule has 1 heterocycles. The van der Waals surface area contributed by atoms with Crippen LogP contribution in [0.15, 0.2) is 0 Å². The van der Waals surface area contributed by atoms with Crippen molar-refractivity contribution in [3.8, 4) is 0 Å². The highest BCUT2D eigenvalue weighted by Gasteiger charge is 2.38. The molecular weight excluding hydrogens is 616 g/mol. The molecule has 8 nitrogen and oxygen atoms in total. The smallest absolute Gasteiger partial charge is 0.323 e. The van der Waals surface area contributed by atoms with E-state index >= 15 is 0 Å². The Kier molecular flexibility index (Phi) is 29.0. The van der Waals surface area contributed by atoms with Crippen molar-refractivity contribution in [3.63, 3.8) is 0 Å². The Bertz CT molecular complexity index is 806. The maximum atomic E-state index is 13.1. The number of likely N-dealkylation sites (N-methyl/N-ethyl adjacent to an activating group) is 1. The maximum absolute atomic E-state index is 13.1. The van der Waals surface area contributed by atoms with Crippen molar-refractivity contribution in [2.45, 2.75) is 200 Å². The number of Topliss-reactive ketones (excluding diaryl/α,β-unsaturated/α-hetero) is 1. The molecule has 0 radical (unpaired) electrons. The summed E-state index contributed by atoms with van der Waals surface area (Å²) in [7, 11) is 4.07. The van der Waals surface area contributed by atoms with Gasteiger partial charge >= 0.3 is 11.9 Å². The summed E-state index contributed by atoms with van der Waals surface area (Å²) in [6.07, 6.45) is 26.7. The molecule has 0 N–H and O–H groups in total. The second-order valence-electron chi connectivity index (χ2n) is 15.0. The number of carbonyl (C=O) groups excluding carboxylic acids is 3. The van der Waals surface area contributed by atoms with Gasteiger partial charge in [0.05, 0.1) is 19.3 Å². The van der Waals surface area contributed by atoms with E-state index in [-0.39, 0.29) is 36.0 Å². The minimum absolute atomic E-state index is 0.0279. The van der Waals surface area contributed by atoms with Crippen LogP contribution in [0.3, 0.4) is 0 Å². The van der Waals surface area contributed by atoms with Gasteiger partial charge in [0.1, 0.15) is 17.9 Å². The number of hydrogen-bond acceptors (Lipinski definition) is 8. The first kappa shape index (κ1) is 45.5. The van der Waals surface area contributed by atoms with E-state index in [1.807, 2.05) is 14.1 Å². The summed E-state index contributed by atoms with van der Waals surface area (Å²) < 4.78 is 17.8. The van der Waals surface area contributed by atoms with Crippen molar-refractivity contribution in [2.24, 2.45) is 0 Å². The van der Waals surface area contributed by atoms with Crippen LogP contribution >= 0.6 is 0 Å².